The summed E-state index contributed by atoms with van der Waals surface area (Å²) in [5, 5.41) is 0. The topological polar surface area (TPSA) is 9.23 Å². The van der Waals surface area contributed by atoms with Gasteiger partial charge >= 0.3 is 0 Å². The molecule has 0 atom stereocenters. The van der Waals surface area contributed by atoms with Gasteiger partial charge < -0.3 is 4.74 Å². The van der Waals surface area contributed by atoms with Crippen LogP contribution in [-0.2, 0) is 4.74 Å². The predicted molar refractivity (Wildman–Crippen MR) is 105 cm³/mol. The molecule has 0 saturated heterocycles. The molecular weight excluding hydrogens is 292 g/mol. The summed E-state index contributed by atoms with van der Waals surface area (Å²) in [5.74, 6) is 4.00. The minimum atomic E-state index is 0.815. The van der Waals surface area contributed by atoms with E-state index in [1.165, 1.54) is 77.0 Å². The Labute approximate surface area is 151 Å². The van der Waals surface area contributed by atoms with Crippen molar-refractivity contribution in [3.8, 4) is 0 Å². The first-order chi connectivity index (χ1) is 11.8. The highest BCUT2D eigenvalue weighted by atomic mass is 16.5. The van der Waals surface area contributed by atoms with Crippen molar-refractivity contribution in [3.63, 3.8) is 0 Å². The van der Waals surface area contributed by atoms with E-state index in [0.29, 0.717) is 0 Å². The lowest BCUT2D eigenvalue weighted by atomic mass is 9.68. The maximum Gasteiger partial charge on any atom is 0.0647 e. The number of ether oxygens (including phenoxy) is 1. The zero-order valence-electron chi connectivity index (χ0n) is 16.5. The van der Waals surface area contributed by atoms with Gasteiger partial charge in [0.05, 0.1) is 6.61 Å². The molecule has 2 aliphatic rings. The SMILES string of the molecule is CCCCC[C@H]1CC[C@H](C2CCC(/C=C/COCCC)CC2)CC1. The number of hydrogen-bond donors (Lipinski definition) is 0. The molecule has 2 fully saturated rings. The van der Waals surface area contributed by atoms with Gasteiger partial charge in [0.2, 0.25) is 0 Å². The van der Waals surface area contributed by atoms with Crippen molar-refractivity contribution in [2.45, 2.75) is 97.3 Å². The monoisotopic (exact) mass is 334 g/mol. The molecule has 0 spiro atoms. The Balaban J connectivity index is 1.58. The van der Waals surface area contributed by atoms with Crippen LogP contribution in [0.15, 0.2) is 12.2 Å². The van der Waals surface area contributed by atoms with E-state index < -0.39 is 0 Å². The van der Waals surface area contributed by atoms with Crippen molar-refractivity contribution < 1.29 is 4.74 Å². The van der Waals surface area contributed by atoms with Gasteiger partial charge in [-0.05, 0) is 68.6 Å². The van der Waals surface area contributed by atoms with Crippen LogP contribution >= 0.6 is 0 Å². The zero-order valence-corrected chi connectivity index (χ0v) is 16.5. The first-order valence-corrected chi connectivity index (χ1v) is 11.1. The van der Waals surface area contributed by atoms with Crippen LogP contribution in [0.2, 0.25) is 0 Å². The standard InChI is InChI=1S/C23H42O/c1-3-5-6-8-20-10-14-22(15-11-20)23-16-12-21(13-17-23)9-7-19-24-18-4-2/h7,9,20-23H,3-6,8,10-19H2,1-2H3/b9-7+/t20-,21?,22-,23?. The van der Waals surface area contributed by atoms with Crippen molar-refractivity contribution >= 4 is 0 Å². The molecule has 0 aromatic rings. The first kappa shape index (κ1) is 20.0. The van der Waals surface area contributed by atoms with E-state index in [0.717, 1.165) is 43.3 Å². The molecule has 2 aliphatic carbocycles. The van der Waals surface area contributed by atoms with Crippen molar-refractivity contribution in [3.05, 3.63) is 12.2 Å². The van der Waals surface area contributed by atoms with Gasteiger partial charge in [-0.1, -0.05) is 64.5 Å². The summed E-state index contributed by atoms with van der Waals surface area (Å²) in [4.78, 5) is 0. The van der Waals surface area contributed by atoms with E-state index in [9.17, 15) is 0 Å². The Morgan fingerprint density at radius 2 is 1.46 bits per heavy atom. The van der Waals surface area contributed by atoms with Gasteiger partial charge in [0.15, 0.2) is 0 Å². The van der Waals surface area contributed by atoms with E-state index in [2.05, 4.69) is 26.0 Å². The molecule has 2 saturated carbocycles. The van der Waals surface area contributed by atoms with Crippen LogP contribution in [0.5, 0.6) is 0 Å². The van der Waals surface area contributed by atoms with Gasteiger partial charge in [-0.2, -0.15) is 0 Å². The molecule has 0 aromatic heterocycles. The molecule has 0 N–H and O–H groups in total. The van der Waals surface area contributed by atoms with E-state index in [-0.39, 0.29) is 0 Å². The predicted octanol–water partition coefficient (Wildman–Crippen LogP) is 7.16. The third-order valence-electron chi connectivity index (χ3n) is 6.56. The van der Waals surface area contributed by atoms with Gasteiger partial charge in [0.25, 0.3) is 0 Å². The molecular formula is C23H42O. The van der Waals surface area contributed by atoms with Crippen molar-refractivity contribution in [2.24, 2.45) is 23.7 Å². The first-order valence-electron chi connectivity index (χ1n) is 11.1. The number of hydrogen-bond acceptors (Lipinski definition) is 1. The fourth-order valence-corrected chi connectivity index (χ4v) is 4.98. The van der Waals surface area contributed by atoms with Gasteiger partial charge in [0.1, 0.15) is 0 Å². The minimum Gasteiger partial charge on any atom is -0.377 e. The molecule has 0 amide bonds. The lowest BCUT2D eigenvalue weighted by Gasteiger charge is -2.37. The molecule has 1 heteroatoms. The largest absolute Gasteiger partial charge is 0.377 e. The highest BCUT2D eigenvalue weighted by Gasteiger charge is 2.30. The molecule has 2 rings (SSSR count). The zero-order chi connectivity index (χ0) is 17.0. The van der Waals surface area contributed by atoms with Crippen LogP contribution in [0.1, 0.15) is 97.3 Å². The van der Waals surface area contributed by atoms with E-state index in [1.54, 1.807) is 0 Å². The number of unbranched alkanes of at least 4 members (excludes halogenated alkanes) is 2. The molecule has 1 nitrogen and oxygen atoms in total. The second-order valence-electron chi connectivity index (χ2n) is 8.45. The maximum atomic E-state index is 5.55. The summed E-state index contributed by atoms with van der Waals surface area (Å²) in [6.07, 6.45) is 23.6. The Bertz CT molecular complexity index is 319. The second kappa shape index (κ2) is 12.1. The van der Waals surface area contributed by atoms with E-state index in [4.69, 9.17) is 4.74 Å². The molecule has 0 aliphatic heterocycles. The fourth-order valence-electron chi connectivity index (χ4n) is 4.98. The van der Waals surface area contributed by atoms with E-state index >= 15 is 0 Å². The Kier molecular flexibility index (Phi) is 10.1. The molecule has 24 heavy (non-hydrogen) atoms. The van der Waals surface area contributed by atoms with Gasteiger partial charge in [0, 0.05) is 6.61 Å². The lowest BCUT2D eigenvalue weighted by molar-refractivity contribution is 0.150. The number of rotatable bonds is 10. The van der Waals surface area contributed by atoms with Crippen LogP contribution < -0.4 is 0 Å². The summed E-state index contributed by atoms with van der Waals surface area (Å²) in [7, 11) is 0. The third-order valence-corrected chi connectivity index (χ3v) is 6.56. The van der Waals surface area contributed by atoms with Crippen molar-refractivity contribution in [1.29, 1.82) is 0 Å². The average molecular weight is 335 g/mol. The Hall–Kier alpha value is -0.300. The summed E-state index contributed by atoms with van der Waals surface area (Å²) in [5.41, 5.74) is 0. The second-order valence-corrected chi connectivity index (χ2v) is 8.45. The van der Waals surface area contributed by atoms with Gasteiger partial charge in [-0.3, -0.25) is 0 Å². The summed E-state index contributed by atoms with van der Waals surface area (Å²) >= 11 is 0. The quantitative estimate of drug-likeness (QED) is 0.304. The summed E-state index contributed by atoms with van der Waals surface area (Å²) < 4.78 is 5.55. The molecule has 0 radical (unpaired) electrons. The highest BCUT2D eigenvalue weighted by molar-refractivity contribution is 4.92. The van der Waals surface area contributed by atoms with Crippen LogP contribution in [0.25, 0.3) is 0 Å². The highest BCUT2D eigenvalue weighted by Crippen LogP contribution is 2.42. The molecule has 0 aromatic carbocycles. The summed E-state index contributed by atoms with van der Waals surface area (Å²) in [6, 6.07) is 0. The normalized spacial score (nSPS) is 31.6. The Morgan fingerprint density at radius 3 is 2.08 bits per heavy atom. The fraction of sp³-hybridized carbons (Fsp3) is 0.913. The van der Waals surface area contributed by atoms with Crippen molar-refractivity contribution in [2.75, 3.05) is 13.2 Å². The molecule has 140 valence electrons. The molecule has 0 heterocycles. The minimum absolute atomic E-state index is 0.815. The maximum absolute atomic E-state index is 5.55. The van der Waals surface area contributed by atoms with Crippen LogP contribution in [0, 0.1) is 23.7 Å². The smallest absolute Gasteiger partial charge is 0.0647 e. The van der Waals surface area contributed by atoms with E-state index in [1.807, 2.05) is 0 Å². The van der Waals surface area contributed by atoms with Gasteiger partial charge in [-0.25, -0.2) is 0 Å². The van der Waals surface area contributed by atoms with Gasteiger partial charge in [-0.15, -0.1) is 0 Å². The Morgan fingerprint density at radius 1 is 0.792 bits per heavy atom. The van der Waals surface area contributed by atoms with Crippen molar-refractivity contribution in [1.82, 2.24) is 0 Å². The summed E-state index contributed by atoms with van der Waals surface area (Å²) in [6.45, 7) is 6.21. The lowest BCUT2D eigenvalue weighted by Crippen LogP contribution is -2.25. The third kappa shape index (κ3) is 7.30. The van der Waals surface area contributed by atoms with Crippen LogP contribution in [0.3, 0.4) is 0 Å². The molecule has 0 bridgehead atoms. The number of allylic oxidation sites excluding steroid dienone is 1. The average Bonchev–Trinajstić information content (AvgIpc) is 2.63. The van der Waals surface area contributed by atoms with Crippen LogP contribution in [0.4, 0.5) is 0 Å². The van der Waals surface area contributed by atoms with Crippen LogP contribution in [-0.4, -0.2) is 13.2 Å². The molecule has 0 unspecified atom stereocenters.